The highest BCUT2D eigenvalue weighted by molar-refractivity contribution is 5.67. The lowest BCUT2D eigenvalue weighted by atomic mass is 10.2. The summed E-state index contributed by atoms with van der Waals surface area (Å²) < 4.78 is 0. The summed E-state index contributed by atoms with van der Waals surface area (Å²) in [6.07, 6.45) is 2.32. The van der Waals surface area contributed by atoms with Crippen molar-refractivity contribution in [3.63, 3.8) is 0 Å². The summed E-state index contributed by atoms with van der Waals surface area (Å²) >= 11 is 0. The zero-order valence-corrected chi connectivity index (χ0v) is 9.68. The van der Waals surface area contributed by atoms with Crippen molar-refractivity contribution < 1.29 is 9.90 Å². The number of aromatic nitrogens is 2. The molecule has 1 heterocycles. The Hall–Kier alpha value is -2.30. The molecule has 1 aliphatic rings. The van der Waals surface area contributed by atoms with E-state index in [0.717, 1.165) is 24.1 Å². The summed E-state index contributed by atoms with van der Waals surface area (Å²) in [5, 5.41) is 11.4. The molecule has 3 N–H and O–H groups in total. The molecule has 0 radical (unpaired) electrons. The van der Waals surface area contributed by atoms with Gasteiger partial charge in [0.1, 0.15) is 11.4 Å². The van der Waals surface area contributed by atoms with Crippen molar-refractivity contribution in [3.05, 3.63) is 42.4 Å². The van der Waals surface area contributed by atoms with E-state index in [4.69, 9.17) is 5.11 Å². The number of hydrogen-bond donors (Lipinski definition) is 3. The summed E-state index contributed by atoms with van der Waals surface area (Å²) in [6.45, 7) is 0. The fourth-order valence-electron chi connectivity index (χ4n) is 2.08. The maximum Gasteiger partial charge on any atom is 0.405 e. The highest BCUT2D eigenvalue weighted by Gasteiger charge is 2.48. The van der Waals surface area contributed by atoms with E-state index in [1.165, 1.54) is 0 Å². The number of H-pyrrole nitrogens is 1. The number of amides is 1. The maximum absolute atomic E-state index is 10.8. The van der Waals surface area contributed by atoms with E-state index in [2.05, 4.69) is 15.3 Å². The van der Waals surface area contributed by atoms with Gasteiger partial charge in [0.15, 0.2) is 0 Å². The van der Waals surface area contributed by atoms with Gasteiger partial charge in [0.2, 0.25) is 0 Å². The second-order valence-corrected chi connectivity index (χ2v) is 4.52. The molecule has 2 aromatic rings. The largest absolute Gasteiger partial charge is 0.465 e. The molecule has 0 bridgehead atoms. The van der Waals surface area contributed by atoms with Crippen molar-refractivity contribution in [1.82, 2.24) is 15.3 Å². The van der Waals surface area contributed by atoms with Crippen molar-refractivity contribution in [2.75, 3.05) is 0 Å². The smallest absolute Gasteiger partial charge is 0.405 e. The van der Waals surface area contributed by atoms with E-state index in [1.54, 1.807) is 6.20 Å². The van der Waals surface area contributed by atoms with Crippen LogP contribution in [0.3, 0.4) is 0 Å². The molecule has 1 fully saturated rings. The van der Waals surface area contributed by atoms with Crippen molar-refractivity contribution in [1.29, 1.82) is 0 Å². The maximum atomic E-state index is 10.8. The fraction of sp³-hybridized carbons (Fsp3) is 0.231. The van der Waals surface area contributed by atoms with Crippen LogP contribution in [-0.4, -0.2) is 21.2 Å². The first-order valence-electron chi connectivity index (χ1n) is 5.82. The predicted molar refractivity (Wildman–Crippen MR) is 66.1 cm³/mol. The first kappa shape index (κ1) is 10.8. The monoisotopic (exact) mass is 243 g/mol. The van der Waals surface area contributed by atoms with E-state index in [9.17, 15) is 4.79 Å². The minimum atomic E-state index is -1.01. The zero-order chi connectivity index (χ0) is 12.6. The van der Waals surface area contributed by atoms with Gasteiger partial charge in [-0.3, -0.25) is 0 Å². The summed E-state index contributed by atoms with van der Waals surface area (Å²) in [5.74, 6) is 0.698. The molecule has 1 amide bonds. The Morgan fingerprint density at radius 1 is 1.33 bits per heavy atom. The number of nitrogens with zero attached hydrogens (tertiary/aromatic N) is 1. The van der Waals surface area contributed by atoms with Gasteiger partial charge in [0, 0.05) is 0 Å². The molecule has 18 heavy (non-hydrogen) atoms. The average Bonchev–Trinajstić information content (AvgIpc) is 2.96. The van der Waals surface area contributed by atoms with E-state index < -0.39 is 11.6 Å². The normalized spacial score (nSPS) is 16.2. The van der Waals surface area contributed by atoms with Crippen molar-refractivity contribution in [3.8, 4) is 11.3 Å². The van der Waals surface area contributed by atoms with Gasteiger partial charge < -0.3 is 15.4 Å². The molecule has 0 unspecified atom stereocenters. The van der Waals surface area contributed by atoms with Gasteiger partial charge in [-0.2, -0.15) is 0 Å². The highest BCUT2D eigenvalue weighted by atomic mass is 16.4. The number of hydrogen-bond acceptors (Lipinski definition) is 2. The number of aromatic amines is 1. The highest BCUT2D eigenvalue weighted by Crippen LogP contribution is 2.44. The van der Waals surface area contributed by atoms with Crippen LogP contribution in [0.25, 0.3) is 11.3 Å². The molecule has 5 heteroatoms. The summed E-state index contributed by atoms with van der Waals surface area (Å²) in [7, 11) is 0. The lowest BCUT2D eigenvalue weighted by Gasteiger charge is -2.11. The van der Waals surface area contributed by atoms with Crippen LogP contribution in [0.1, 0.15) is 18.7 Å². The van der Waals surface area contributed by atoms with Gasteiger partial charge in [-0.1, -0.05) is 30.3 Å². The third kappa shape index (κ3) is 1.84. The molecular formula is C13H13N3O2. The van der Waals surface area contributed by atoms with Gasteiger partial charge in [-0.05, 0) is 18.4 Å². The third-order valence-electron chi connectivity index (χ3n) is 3.21. The average molecular weight is 243 g/mol. The Labute approximate surface area is 104 Å². The molecule has 1 aromatic heterocycles. The summed E-state index contributed by atoms with van der Waals surface area (Å²) in [4.78, 5) is 18.3. The molecule has 3 rings (SSSR count). The second kappa shape index (κ2) is 3.87. The van der Waals surface area contributed by atoms with Crippen molar-refractivity contribution >= 4 is 6.09 Å². The molecule has 1 aromatic carbocycles. The van der Waals surface area contributed by atoms with Crippen LogP contribution in [-0.2, 0) is 5.54 Å². The van der Waals surface area contributed by atoms with Crippen molar-refractivity contribution in [2.45, 2.75) is 18.4 Å². The van der Waals surface area contributed by atoms with E-state index in [0.29, 0.717) is 5.82 Å². The number of carboxylic acid groups (broad SMARTS) is 1. The summed E-state index contributed by atoms with van der Waals surface area (Å²) in [5.41, 5.74) is 1.45. The van der Waals surface area contributed by atoms with Gasteiger partial charge in [-0.25, -0.2) is 9.78 Å². The number of nitrogens with one attached hydrogen (secondary N) is 2. The predicted octanol–water partition coefficient (Wildman–Crippen LogP) is 2.33. The van der Waals surface area contributed by atoms with Crippen LogP contribution >= 0.6 is 0 Å². The Bertz CT molecular complexity index is 573. The number of imidazole rings is 1. The molecule has 1 saturated carbocycles. The van der Waals surface area contributed by atoms with Gasteiger partial charge in [0.25, 0.3) is 0 Å². The first-order chi connectivity index (χ1) is 8.70. The van der Waals surface area contributed by atoms with E-state index >= 15 is 0 Å². The summed E-state index contributed by atoms with van der Waals surface area (Å²) in [6, 6.07) is 9.84. The van der Waals surface area contributed by atoms with Crippen LogP contribution in [0, 0.1) is 0 Å². The molecule has 92 valence electrons. The molecule has 0 aliphatic heterocycles. The fourth-order valence-corrected chi connectivity index (χ4v) is 2.08. The van der Waals surface area contributed by atoms with E-state index in [1.807, 2.05) is 30.3 Å². The Morgan fingerprint density at radius 2 is 2.06 bits per heavy atom. The Morgan fingerprint density at radius 3 is 2.67 bits per heavy atom. The molecule has 1 aliphatic carbocycles. The standard InChI is InChI=1S/C13H13N3O2/c17-12(18)16-13(6-7-13)11-14-8-10(15-11)9-4-2-1-3-5-9/h1-5,8,16H,6-7H2,(H,14,15)(H,17,18). The SMILES string of the molecule is O=C(O)NC1(c2ncc(-c3ccccc3)[nH]2)CC1. The molecular weight excluding hydrogens is 230 g/mol. The van der Waals surface area contributed by atoms with Gasteiger partial charge in [0.05, 0.1) is 11.9 Å². The lowest BCUT2D eigenvalue weighted by molar-refractivity contribution is 0.187. The Kier molecular flexibility index (Phi) is 2.33. The quantitative estimate of drug-likeness (QED) is 0.774. The number of carbonyl (C=O) groups is 1. The topological polar surface area (TPSA) is 78.0 Å². The number of rotatable bonds is 3. The van der Waals surface area contributed by atoms with Crippen LogP contribution in [0.5, 0.6) is 0 Å². The lowest BCUT2D eigenvalue weighted by Crippen LogP contribution is -2.34. The van der Waals surface area contributed by atoms with Crippen molar-refractivity contribution in [2.24, 2.45) is 0 Å². The third-order valence-corrected chi connectivity index (χ3v) is 3.21. The van der Waals surface area contributed by atoms with Crippen LogP contribution in [0.15, 0.2) is 36.5 Å². The molecule has 0 atom stereocenters. The van der Waals surface area contributed by atoms with Crippen LogP contribution in [0.4, 0.5) is 4.79 Å². The van der Waals surface area contributed by atoms with Gasteiger partial charge >= 0.3 is 6.09 Å². The molecule has 0 spiro atoms. The molecule has 0 saturated heterocycles. The first-order valence-corrected chi connectivity index (χ1v) is 5.82. The van der Waals surface area contributed by atoms with Crippen LogP contribution < -0.4 is 5.32 Å². The minimum absolute atomic E-state index is 0.501. The minimum Gasteiger partial charge on any atom is -0.465 e. The Balaban J connectivity index is 1.89. The second-order valence-electron chi connectivity index (χ2n) is 4.52. The van der Waals surface area contributed by atoms with Gasteiger partial charge in [-0.15, -0.1) is 0 Å². The van der Waals surface area contributed by atoms with Crippen LogP contribution in [0.2, 0.25) is 0 Å². The zero-order valence-electron chi connectivity index (χ0n) is 9.68. The molecule has 5 nitrogen and oxygen atoms in total. The number of benzene rings is 1. The van der Waals surface area contributed by atoms with E-state index in [-0.39, 0.29) is 0 Å².